The van der Waals surface area contributed by atoms with Crippen LogP contribution in [-0.2, 0) is 15.6 Å². The largest absolute Gasteiger partial charge is 0.481 e. The standard InChI is InChI=1S/C9H18O3S/c1-8(2,3)13(12)6-9(4,5)7(10)11/h6H2,1-5H3,(H,10,11). The van der Waals surface area contributed by atoms with Crippen LogP contribution in [-0.4, -0.2) is 25.8 Å². The summed E-state index contributed by atoms with van der Waals surface area (Å²) in [6, 6.07) is 0. The quantitative estimate of drug-likeness (QED) is 0.763. The Labute approximate surface area is 82.0 Å². The van der Waals surface area contributed by atoms with Crippen LogP contribution in [0.5, 0.6) is 0 Å². The average molecular weight is 206 g/mol. The van der Waals surface area contributed by atoms with E-state index in [2.05, 4.69) is 0 Å². The van der Waals surface area contributed by atoms with Crippen molar-refractivity contribution in [2.24, 2.45) is 5.41 Å². The second-order valence-corrected chi connectivity index (χ2v) is 7.00. The van der Waals surface area contributed by atoms with Gasteiger partial charge in [-0.15, -0.1) is 0 Å². The van der Waals surface area contributed by atoms with E-state index in [9.17, 15) is 9.00 Å². The minimum atomic E-state index is -1.11. The molecule has 0 aromatic carbocycles. The molecule has 0 saturated heterocycles. The molecule has 0 spiro atoms. The zero-order chi connectivity index (χ0) is 10.9. The monoisotopic (exact) mass is 206 g/mol. The first-order valence-corrected chi connectivity index (χ1v) is 5.51. The lowest BCUT2D eigenvalue weighted by Gasteiger charge is -2.24. The summed E-state index contributed by atoms with van der Waals surface area (Å²) < 4.78 is 11.3. The molecule has 0 aliphatic rings. The molecule has 78 valence electrons. The molecule has 1 N–H and O–H groups in total. The molecule has 0 aromatic rings. The van der Waals surface area contributed by atoms with Gasteiger partial charge in [0.2, 0.25) is 0 Å². The maximum Gasteiger partial charge on any atom is 0.310 e. The number of hydrogen-bond acceptors (Lipinski definition) is 2. The molecule has 0 amide bonds. The third-order valence-corrected chi connectivity index (χ3v) is 4.10. The van der Waals surface area contributed by atoms with Crippen LogP contribution in [0.3, 0.4) is 0 Å². The van der Waals surface area contributed by atoms with Crippen molar-refractivity contribution in [3.8, 4) is 0 Å². The topological polar surface area (TPSA) is 54.4 Å². The molecule has 1 atom stereocenters. The third-order valence-electron chi connectivity index (χ3n) is 1.75. The van der Waals surface area contributed by atoms with E-state index in [1.165, 1.54) is 0 Å². The third kappa shape index (κ3) is 3.89. The van der Waals surface area contributed by atoms with Crippen LogP contribution in [0.25, 0.3) is 0 Å². The van der Waals surface area contributed by atoms with Gasteiger partial charge >= 0.3 is 5.97 Å². The summed E-state index contributed by atoms with van der Waals surface area (Å²) in [6.45, 7) is 8.74. The fourth-order valence-electron chi connectivity index (χ4n) is 0.606. The van der Waals surface area contributed by atoms with Gasteiger partial charge in [0.15, 0.2) is 0 Å². The average Bonchev–Trinajstić information content (AvgIpc) is 1.83. The van der Waals surface area contributed by atoms with Gasteiger partial charge in [-0.05, 0) is 34.6 Å². The molecular formula is C9H18O3S. The van der Waals surface area contributed by atoms with Gasteiger partial charge in [-0.1, -0.05) is 0 Å². The molecule has 0 aliphatic heterocycles. The summed E-state index contributed by atoms with van der Waals surface area (Å²) in [5.74, 6) is -0.698. The van der Waals surface area contributed by atoms with E-state index in [-0.39, 0.29) is 10.5 Å². The Morgan fingerprint density at radius 3 is 1.85 bits per heavy atom. The number of hydrogen-bond donors (Lipinski definition) is 1. The summed E-state index contributed by atoms with van der Waals surface area (Å²) in [7, 11) is -1.11. The van der Waals surface area contributed by atoms with E-state index in [0.29, 0.717) is 0 Å². The molecule has 0 aliphatic carbocycles. The van der Waals surface area contributed by atoms with Crippen molar-refractivity contribution in [1.29, 1.82) is 0 Å². The summed E-state index contributed by atoms with van der Waals surface area (Å²) in [6.07, 6.45) is 0. The summed E-state index contributed by atoms with van der Waals surface area (Å²) in [4.78, 5) is 10.7. The number of carboxylic acids is 1. The molecule has 0 radical (unpaired) electrons. The van der Waals surface area contributed by atoms with E-state index in [4.69, 9.17) is 5.11 Å². The number of carboxylic acid groups (broad SMARTS) is 1. The minimum absolute atomic E-state index is 0.200. The van der Waals surface area contributed by atoms with E-state index in [1.54, 1.807) is 13.8 Å². The Bertz CT molecular complexity index is 226. The predicted molar refractivity (Wildman–Crippen MR) is 54.2 cm³/mol. The molecule has 13 heavy (non-hydrogen) atoms. The van der Waals surface area contributed by atoms with Gasteiger partial charge in [-0.3, -0.25) is 9.00 Å². The van der Waals surface area contributed by atoms with E-state index < -0.39 is 22.2 Å². The highest BCUT2D eigenvalue weighted by molar-refractivity contribution is 7.86. The Morgan fingerprint density at radius 1 is 1.23 bits per heavy atom. The molecule has 0 rings (SSSR count). The van der Waals surface area contributed by atoms with E-state index in [1.807, 2.05) is 20.8 Å². The lowest BCUT2D eigenvalue weighted by molar-refractivity contribution is -0.145. The van der Waals surface area contributed by atoms with Gasteiger partial charge < -0.3 is 5.11 Å². The second-order valence-electron chi connectivity index (χ2n) is 4.79. The minimum Gasteiger partial charge on any atom is -0.481 e. The highest BCUT2D eigenvalue weighted by Gasteiger charge is 2.33. The van der Waals surface area contributed by atoms with Crippen molar-refractivity contribution in [2.45, 2.75) is 39.4 Å². The van der Waals surface area contributed by atoms with Gasteiger partial charge in [0.05, 0.1) is 5.41 Å². The first kappa shape index (κ1) is 12.6. The second kappa shape index (κ2) is 3.78. The van der Waals surface area contributed by atoms with Crippen molar-refractivity contribution >= 4 is 16.8 Å². The Morgan fingerprint density at radius 2 is 1.62 bits per heavy atom. The van der Waals surface area contributed by atoms with E-state index >= 15 is 0 Å². The first-order valence-electron chi connectivity index (χ1n) is 4.19. The van der Waals surface area contributed by atoms with Gasteiger partial charge in [0, 0.05) is 21.3 Å². The molecule has 0 aromatic heterocycles. The van der Waals surface area contributed by atoms with Crippen molar-refractivity contribution < 1.29 is 14.1 Å². The molecule has 0 saturated carbocycles. The molecule has 0 fully saturated rings. The van der Waals surface area contributed by atoms with E-state index in [0.717, 1.165) is 0 Å². The first-order chi connectivity index (χ1) is 5.57. The van der Waals surface area contributed by atoms with Gasteiger partial charge in [-0.2, -0.15) is 0 Å². The molecular weight excluding hydrogens is 188 g/mol. The van der Waals surface area contributed by atoms with Crippen LogP contribution < -0.4 is 0 Å². The highest BCUT2D eigenvalue weighted by atomic mass is 32.2. The number of rotatable bonds is 3. The van der Waals surface area contributed by atoms with Gasteiger partial charge in [0.1, 0.15) is 0 Å². The normalized spacial score (nSPS) is 15.5. The lowest BCUT2D eigenvalue weighted by atomic mass is 9.97. The van der Waals surface area contributed by atoms with Crippen molar-refractivity contribution in [3.05, 3.63) is 0 Å². The molecule has 0 heterocycles. The SMILES string of the molecule is CC(C)(CS(=O)C(C)(C)C)C(=O)O. The van der Waals surface area contributed by atoms with Crippen LogP contribution in [0.1, 0.15) is 34.6 Å². The van der Waals surface area contributed by atoms with Crippen LogP contribution in [0.4, 0.5) is 0 Å². The number of aliphatic carboxylic acids is 1. The van der Waals surface area contributed by atoms with Crippen LogP contribution in [0, 0.1) is 5.41 Å². The molecule has 0 bridgehead atoms. The summed E-state index contributed by atoms with van der Waals surface area (Å²) >= 11 is 0. The zero-order valence-corrected chi connectivity index (χ0v) is 9.70. The van der Waals surface area contributed by atoms with Crippen molar-refractivity contribution in [2.75, 3.05) is 5.75 Å². The van der Waals surface area contributed by atoms with Crippen LogP contribution >= 0.6 is 0 Å². The van der Waals surface area contributed by atoms with Crippen LogP contribution in [0.2, 0.25) is 0 Å². The fourth-order valence-corrected chi connectivity index (χ4v) is 1.82. The summed E-state index contributed by atoms with van der Waals surface area (Å²) in [5.41, 5.74) is -0.905. The maximum absolute atomic E-state index is 11.6. The molecule has 4 heteroatoms. The maximum atomic E-state index is 11.6. The Hall–Kier alpha value is -0.380. The number of carbonyl (C=O) groups is 1. The Kier molecular flexibility index (Phi) is 3.67. The van der Waals surface area contributed by atoms with Crippen LogP contribution in [0.15, 0.2) is 0 Å². The summed E-state index contributed by atoms with van der Waals surface area (Å²) in [5, 5.41) is 8.82. The van der Waals surface area contributed by atoms with Gasteiger partial charge in [0.25, 0.3) is 0 Å². The van der Waals surface area contributed by atoms with Crippen molar-refractivity contribution in [3.63, 3.8) is 0 Å². The zero-order valence-electron chi connectivity index (χ0n) is 8.88. The smallest absolute Gasteiger partial charge is 0.310 e. The highest BCUT2D eigenvalue weighted by Crippen LogP contribution is 2.22. The lowest BCUT2D eigenvalue weighted by Crippen LogP contribution is -2.36. The molecule has 3 nitrogen and oxygen atoms in total. The predicted octanol–water partition coefficient (Wildman–Crippen LogP) is 1.64. The molecule has 1 unspecified atom stereocenters. The fraction of sp³-hybridized carbons (Fsp3) is 0.889. The Balaban J connectivity index is 4.47. The van der Waals surface area contributed by atoms with Gasteiger partial charge in [-0.25, -0.2) is 0 Å². The van der Waals surface area contributed by atoms with Crippen molar-refractivity contribution in [1.82, 2.24) is 0 Å².